The topological polar surface area (TPSA) is 54.4 Å². The number of unbranched alkanes of at least 4 members (excludes halogenated alkanes) is 3. The molecule has 0 radical (unpaired) electrons. The zero-order valence-corrected chi connectivity index (χ0v) is 10.4. The van der Waals surface area contributed by atoms with E-state index in [1.54, 1.807) is 12.1 Å². The van der Waals surface area contributed by atoms with Crippen molar-refractivity contribution in [2.24, 2.45) is 0 Å². The van der Waals surface area contributed by atoms with Crippen molar-refractivity contribution in [3.63, 3.8) is 0 Å². The maximum absolute atomic E-state index is 10.8. The van der Waals surface area contributed by atoms with Crippen LogP contribution in [0, 0.1) is 12.3 Å². The molecule has 4 heteroatoms. The van der Waals surface area contributed by atoms with E-state index in [1.165, 1.54) is 12.1 Å². The van der Waals surface area contributed by atoms with E-state index in [9.17, 15) is 8.42 Å². The molecule has 1 aromatic rings. The third-order valence-electron chi connectivity index (χ3n) is 2.51. The van der Waals surface area contributed by atoms with Crippen molar-refractivity contribution in [2.75, 3.05) is 0 Å². The molecule has 0 saturated carbocycles. The Hall–Kier alpha value is -1.31. The van der Waals surface area contributed by atoms with Gasteiger partial charge < -0.3 is 0 Å². The molecular weight excluding hydrogens is 236 g/mol. The van der Waals surface area contributed by atoms with Crippen LogP contribution in [-0.2, 0) is 16.5 Å². The van der Waals surface area contributed by atoms with Crippen molar-refractivity contribution in [1.82, 2.24) is 0 Å². The van der Waals surface area contributed by atoms with Gasteiger partial charge in [-0.05, 0) is 37.0 Å². The second-order valence-electron chi connectivity index (χ2n) is 3.88. The van der Waals surface area contributed by atoms with Gasteiger partial charge in [-0.25, -0.2) is 0 Å². The van der Waals surface area contributed by atoms with Crippen LogP contribution in [0.15, 0.2) is 29.2 Å². The van der Waals surface area contributed by atoms with Gasteiger partial charge in [-0.3, -0.25) is 4.55 Å². The van der Waals surface area contributed by atoms with Gasteiger partial charge in [0.25, 0.3) is 10.1 Å². The smallest absolute Gasteiger partial charge is 0.282 e. The Morgan fingerprint density at radius 2 is 1.76 bits per heavy atom. The molecule has 0 atom stereocenters. The van der Waals surface area contributed by atoms with E-state index in [2.05, 4.69) is 5.92 Å². The van der Waals surface area contributed by atoms with Gasteiger partial charge in [-0.1, -0.05) is 18.6 Å². The Kier molecular flexibility index (Phi) is 5.20. The van der Waals surface area contributed by atoms with Crippen molar-refractivity contribution < 1.29 is 13.0 Å². The highest BCUT2D eigenvalue weighted by Crippen LogP contribution is 2.12. The summed E-state index contributed by atoms with van der Waals surface area (Å²) in [5.74, 6) is 2.60. The number of benzene rings is 1. The lowest BCUT2D eigenvalue weighted by Crippen LogP contribution is -1.97. The highest BCUT2D eigenvalue weighted by Gasteiger charge is 2.07. The lowest BCUT2D eigenvalue weighted by Gasteiger charge is -2.02. The Bertz CT molecular complexity index is 480. The molecule has 0 heterocycles. The van der Waals surface area contributed by atoms with Gasteiger partial charge in [-0.15, -0.1) is 12.3 Å². The predicted molar refractivity (Wildman–Crippen MR) is 67.3 cm³/mol. The largest absolute Gasteiger partial charge is 0.294 e. The molecule has 17 heavy (non-hydrogen) atoms. The van der Waals surface area contributed by atoms with Gasteiger partial charge in [0.05, 0.1) is 4.90 Å². The van der Waals surface area contributed by atoms with Gasteiger partial charge in [0.15, 0.2) is 0 Å². The minimum Gasteiger partial charge on any atom is -0.282 e. The van der Waals surface area contributed by atoms with Crippen LogP contribution in [0.5, 0.6) is 0 Å². The fraction of sp³-hybridized carbons (Fsp3) is 0.385. The first-order valence-electron chi connectivity index (χ1n) is 5.54. The van der Waals surface area contributed by atoms with E-state index in [4.69, 9.17) is 11.0 Å². The highest BCUT2D eigenvalue weighted by atomic mass is 32.2. The molecule has 0 aliphatic heterocycles. The lowest BCUT2D eigenvalue weighted by atomic mass is 10.1. The lowest BCUT2D eigenvalue weighted by molar-refractivity contribution is 0.483. The van der Waals surface area contributed by atoms with E-state index >= 15 is 0 Å². The molecule has 0 spiro atoms. The van der Waals surface area contributed by atoms with Crippen LogP contribution in [0.4, 0.5) is 0 Å². The number of hydrogen-bond acceptors (Lipinski definition) is 2. The SMILES string of the molecule is C#CCCCCCc1ccc(S(=O)(=O)O)cc1. The van der Waals surface area contributed by atoms with E-state index < -0.39 is 10.1 Å². The van der Waals surface area contributed by atoms with Gasteiger partial charge in [0, 0.05) is 6.42 Å². The Morgan fingerprint density at radius 3 is 2.29 bits per heavy atom. The summed E-state index contributed by atoms with van der Waals surface area (Å²) in [4.78, 5) is -0.0615. The van der Waals surface area contributed by atoms with Crippen molar-refractivity contribution in [2.45, 2.75) is 37.0 Å². The van der Waals surface area contributed by atoms with Crippen molar-refractivity contribution >= 4 is 10.1 Å². The summed E-state index contributed by atoms with van der Waals surface area (Å²) in [6, 6.07) is 6.30. The molecule has 0 aromatic heterocycles. The molecule has 1 aromatic carbocycles. The van der Waals surface area contributed by atoms with E-state index in [0.717, 1.165) is 37.7 Å². The van der Waals surface area contributed by atoms with Crippen LogP contribution in [0.1, 0.15) is 31.2 Å². The number of rotatable bonds is 6. The van der Waals surface area contributed by atoms with E-state index in [1.807, 2.05) is 0 Å². The predicted octanol–water partition coefficient (Wildman–Crippen LogP) is 2.67. The van der Waals surface area contributed by atoms with Crippen LogP contribution in [0.3, 0.4) is 0 Å². The monoisotopic (exact) mass is 252 g/mol. The minimum atomic E-state index is -4.07. The highest BCUT2D eigenvalue weighted by molar-refractivity contribution is 7.85. The summed E-state index contributed by atoms with van der Waals surface area (Å²) < 4.78 is 30.4. The summed E-state index contributed by atoms with van der Waals surface area (Å²) in [7, 11) is -4.07. The van der Waals surface area contributed by atoms with Gasteiger partial charge in [0.2, 0.25) is 0 Å². The zero-order chi connectivity index (χ0) is 12.7. The molecule has 0 fully saturated rings. The second-order valence-corrected chi connectivity index (χ2v) is 5.31. The molecule has 92 valence electrons. The van der Waals surface area contributed by atoms with E-state index in [-0.39, 0.29) is 4.90 Å². The fourth-order valence-corrected chi connectivity index (χ4v) is 2.04. The van der Waals surface area contributed by atoms with Crippen LogP contribution in [0.2, 0.25) is 0 Å². The average Bonchev–Trinajstić information content (AvgIpc) is 2.28. The summed E-state index contributed by atoms with van der Waals surface area (Å²) in [5.41, 5.74) is 1.07. The van der Waals surface area contributed by atoms with Crippen LogP contribution in [0.25, 0.3) is 0 Å². The van der Waals surface area contributed by atoms with Gasteiger partial charge in [0.1, 0.15) is 0 Å². The van der Waals surface area contributed by atoms with Crippen LogP contribution in [-0.4, -0.2) is 13.0 Å². The molecule has 0 aliphatic rings. The summed E-state index contributed by atoms with van der Waals surface area (Å²) in [6.07, 6.45) is 9.99. The molecular formula is C13H16O3S. The molecule has 1 rings (SSSR count). The molecule has 0 saturated heterocycles. The fourth-order valence-electron chi connectivity index (χ4n) is 1.56. The molecule has 0 unspecified atom stereocenters. The standard InChI is InChI=1S/C13H16O3S/c1-2-3-4-5-6-7-12-8-10-13(11-9-12)17(14,15)16/h1,8-11H,3-7H2,(H,14,15,16). The Morgan fingerprint density at radius 1 is 1.12 bits per heavy atom. The van der Waals surface area contributed by atoms with Gasteiger partial charge in [-0.2, -0.15) is 8.42 Å². The number of hydrogen-bond donors (Lipinski definition) is 1. The normalized spacial score (nSPS) is 11.1. The van der Waals surface area contributed by atoms with Gasteiger partial charge >= 0.3 is 0 Å². The minimum absolute atomic E-state index is 0.0615. The first-order valence-corrected chi connectivity index (χ1v) is 6.98. The summed E-state index contributed by atoms with van der Waals surface area (Å²) in [6.45, 7) is 0. The van der Waals surface area contributed by atoms with E-state index in [0.29, 0.717) is 0 Å². The Balaban J connectivity index is 2.44. The second kappa shape index (κ2) is 6.43. The Labute approximate surface area is 103 Å². The molecule has 0 aliphatic carbocycles. The molecule has 0 bridgehead atoms. The maximum atomic E-state index is 10.8. The molecule has 1 N–H and O–H groups in total. The summed E-state index contributed by atoms with van der Waals surface area (Å²) in [5, 5.41) is 0. The van der Waals surface area contributed by atoms with Crippen LogP contribution < -0.4 is 0 Å². The first kappa shape index (κ1) is 13.8. The zero-order valence-electron chi connectivity index (χ0n) is 9.59. The number of aryl methyl sites for hydroxylation is 1. The van der Waals surface area contributed by atoms with Crippen molar-refractivity contribution in [1.29, 1.82) is 0 Å². The molecule has 0 amide bonds. The number of terminal acetylenes is 1. The average molecular weight is 252 g/mol. The molecule has 3 nitrogen and oxygen atoms in total. The van der Waals surface area contributed by atoms with Crippen molar-refractivity contribution in [3.8, 4) is 12.3 Å². The first-order chi connectivity index (χ1) is 8.04. The third-order valence-corrected chi connectivity index (χ3v) is 3.38. The van der Waals surface area contributed by atoms with Crippen molar-refractivity contribution in [3.05, 3.63) is 29.8 Å². The quantitative estimate of drug-likeness (QED) is 0.481. The third kappa shape index (κ3) is 5.03. The van der Waals surface area contributed by atoms with Crippen LogP contribution >= 0.6 is 0 Å². The summed E-state index contributed by atoms with van der Waals surface area (Å²) >= 11 is 0. The maximum Gasteiger partial charge on any atom is 0.294 e.